The van der Waals surface area contributed by atoms with Gasteiger partial charge in [0.25, 0.3) is 0 Å². The molecule has 2 saturated carbocycles. The molecule has 210 valence electrons. The molecule has 3 aromatic rings. The molecule has 5 rings (SSSR count). The van der Waals surface area contributed by atoms with Gasteiger partial charge in [-0.05, 0) is 98.4 Å². The molecule has 0 aliphatic heterocycles. The van der Waals surface area contributed by atoms with Crippen LogP contribution in [0.2, 0.25) is 0 Å². The summed E-state index contributed by atoms with van der Waals surface area (Å²) in [4.78, 5) is 28.4. The molecule has 0 unspecified atom stereocenters. The number of ether oxygens (including phenoxy) is 1. The van der Waals surface area contributed by atoms with Gasteiger partial charge in [-0.1, -0.05) is 61.4 Å². The Morgan fingerprint density at radius 3 is 2.35 bits per heavy atom. The molecular weight excluding hydrogens is 498 g/mol. The predicted octanol–water partition coefficient (Wildman–Crippen LogP) is 7.20. The second kappa shape index (κ2) is 12.2. The number of hydrogen-bond donors (Lipinski definition) is 2. The highest BCUT2D eigenvalue weighted by molar-refractivity contribution is 5.80. The van der Waals surface area contributed by atoms with Gasteiger partial charge in [0.05, 0.1) is 6.04 Å². The molecule has 0 bridgehead atoms. The Kier molecular flexibility index (Phi) is 8.43. The number of aryl methyl sites for hydroxylation is 1. The van der Waals surface area contributed by atoms with E-state index in [2.05, 4.69) is 29.6 Å². The third-order valence-electron chi connectivity index (χ3n) is 8.63. The Morgan fingerprint density at radius 1 is 0.950 bits per heavy atom. The molecule has 3 N–H and O–H groups in total. The summed E-state index contributed by atoms with van der Waals surface area (Å²) in [6.45, 7) is 6.54. The molecule has 2 amide bonds. The topological polar surface area (TPSA) is 84.7 Å². The largest absolute Gasteiger partial charge is 0.415 e. The zero-order chi connectivity index (χ0) is 28.2. The van der Waals surface area contributed by atoms with Crippen LogP contribution in [0.25, 0.3) is 0 Å². The van der Waals surface area contributed by atoms with Crippen molar-refractivity contribution >= 4 is 17.7 Å². The van der Waals surface area contributed by atoms with E-state index in [0.717, 1.165) is 66.5 Å². The molecule has 2 fully saturated rings. The lowest BCUT2D eigenvalue weighted by Gasteiger charge is -2.32. The van der Waals surface area contributed by atoms with E-state index in [1.54, 1.807) is 0 Å². The lowest BCUT2D eigenvalue weighted by Crippen LogP contribution is -2.37. The van der Waals surface area contributed by atoms with Crippen molar-refractivity contribution in [1.29, 1.82) is 0 Å². The number of anilines is 1. The van der Waals surface area contributed by atoms with Crippen molar-refractivity contribution in [3.63, 3.8) is 0 Å². The zero-order valence-corrected chi connectivity index (χ0v) is 23.9. The number of nitrogens with zero attached hydrogens (tertiary/aromatic N) is 1. The van der Waals surface area contributed by atoms with Gasteiger partial charge in [0.2, 0.25) is 5.91 Å². The van der Waals surface area contributed by atoms with Crippen LogP contribution in [0.4, 0.5) is 10.5 Å². The molecule has 6 nitrogen and oxygen atoms in total. The highest BCUT2D eigenvalue weighted by Crippen LogP contribution is 2.39. The number of amides is 2. The molecule has 2 aliphatic rings. The summed E-state index contributed by atoms with van der Waals surface area (Å²) < 4.78 is 5.83. The van der Waals surface area contributed by atoms with Gasteiger partial charge in [0, 0.05) is 24.2 Å². The molecule has 6 heteroatoms. The van der Waals surface area contributed by atoms with E-state index in [1.807, 2.05) is 68.1 Å². The number of nitrogens with one attached hydrogen (secondary N) is 1. The Labute approximate surface area is 237 Å². The van der Waals surface area contributed by atoms with Gasteiger partial charge in [-0.25, -0.2) is 4.79 Å². The van der Waals surface area contributed by atoms with Gasteiger partial charge >= 0.3 is 6.09 Å². The number of nitrogens with two attached hydrogens (primary N) is 1. The SMILES string of the molecule is Cc1cccc(OC(=O)N(Cc2ccc([C@@H]3CCCC[C@@H]3C(=O)N[C@@H](C)c3ccc(N)cc3)cc2)C2CC2)c1C. The van der Waals surface area contributed by atoms with Crippen LogP contribution < -0.4 is 15.8 Å². The third kappa shape index (κ3) is 6.49. The Balaban J connectivity index is 1.24. The quantitative estimate of drug-likeness (QED) is 0.297. The fraction of sp³-hybridized carbons (Fsp3) is 0.412. The van der Waals surface area contributed by atoms with E-state index < -0.39 is 0 Å². The van der Waals surface area contributed by atoms with Crippen LogP contribution in [0.5, 0.6) is 5.75 Å². The minimum absolute atomic E-state index is 0.0497. The minimum atomic E-state index is -0.292. The van der Waals surface area contributed by atoms with Crippen molar-refractivity contribution in [2.75, 3.05) is 5.73 Å². The first-order chi connectivity index (χ1) is 19.3. The van der Waals surface area contributed by atoms with Crippen molar-refractivity contribution in [1.82, 2.24) is 10.2 Å². The average Bonchev–Trinajstić information content (AvgIpc) is 3.80. The van der Waals surface area contributed by atoms with Crippen LogP contribution in [-0.2, 0) is 11.3 Å². The highest BCUT2D eigenvalue weighted by atomic mass is 16.6. The molecule has 0 aromatic heterocycles. The Morgan fingerprint density at radius 2 is 1.65 bits per heavy atom. The minimum Gasteiger partial charge on any atom is -0.410 e. The Hall–Kier alpha value is -3.80. The molecule has 0 spiro atoms. The van der Waals surface area contributed by atoms with Crippen LogP contribution in [0.3, 0.4) is 0 Å². The summed E-state index contributed by atoms with van der Waals surface area (Å²) in [5.74, 6) is 0.882. The fourth-order valence-corrected chi connectivity index (χ4v) is 5.82. The highest BCUT2D eigenvalue weighted by Gasteiger charge is 2.35. The van der Waals surface area contributed by atoms with Crippen molar-refractivity contribution in [3.8, 4) is 5.75 Å². The maximum Gasteiger partial charge on any atom is 0.415 e. The summed E-state index contributed by atoms with van der Waals surface area (Å²) in [7, 11) is 0. The number of carbonyl (C=O) groups excluding carboxylic acids is 2. The van der Waals surface area contributed by atoms with E-state index in [1.165, 1.54) is 5.56 Å². The number of rotatable bonds is 8. The van der Waals surface area contributed by atoms with Gasteiger partial charge in [-0.3, -0.25) is 4.79 Å². The first-order valence-electron chi connectivity index (χ1n) is 14.6. The number of carbonyl (C=O) groups is 2. The lowest BCUT2D eigenvalue weighted by molar-refractivity contribution is -0.127. The van der Waals surface area contributed by atoms with Gasteiger partial charge in [0.1, 0.15) is 5.75 Å². The maximum absolute atomic E-state index is 13.4. The number of hydrogen-bond acceptors (Lipinski definition) is 4. The predicted molar refractivity (Wildman–Crippen MR) is 159 cm³/mol. The van der Waals surface area contributed by atoms with Crippen LogP contribution in [-0.4, -0.2) is 22.9 Å². The second-order valence-electron chi connectivity index (χ2n) is 11.6. The molecule has 2 aliphatic carbocycles. The van der Waals surface area contributed by atoms with E-state index >= 15 is 0 Å². The van der Waals surface area contributed by atoms with Gasteiger partial charge in [0.15, 0.2) is 0 Å². The van der Waals surface area contributed by atoms with E-state index in [9.17, 15) is 9.59 Å². The number of nitrogen functional groups attached to an aromatic ring is 1. The molecule has 0 heterocycles. The molecule has 3 atom stereocenters. The molecular formula is C34H41N3O3. The summed E-state index contributed by atoms with van der Waals surface area (Å²) in [5, 5.41) is 3.24. The van der Waals surface area contributed by atoms with E-state index in [4.69, 9.17) is 10.5 Å². The van der Waals surface area contributed by atoms with Crippen molar-refractivity contribution < 1.29 is 14.3 Å². The summed E-state index contributed by atoms with van der Waals surface area (Å²) in [5.41, 5.74) is 12.0. The van der Waals surface area contributed by atoms with Crippen molar-refractivity contribution in [2.24, 2.45) is 5.92 Å². The first-order valence-corrected chi connectivity index (χ1v) is 14.6. The van der Waals surface area contributed by atoms with Crippen molar-refractivity contribution in [2.45, 2.75) is 83.8 Å². The Bertz CT molecular complexity index is 1330. The summed E-state index contributed by atoms with van der Waals surface area (Å²) >= 11 is 0. The lowest BCUT2D eigenvalue weighted by atomic mass is 9.74. The molecule has 40 heavy (non-hydrogen) atoms. The van der Waals surface area contributed by atoms with Crippen molar-refractivity contribution in [3.05, 3.63) is 94.5 Å². The second-order valence-corrected chi connectivity index (χ2v) is 11.6. The monoisotopic (exact) mass is 539 g/mol. The zero-order valence-electron chi connectivity index (χ0n) is 23.9. The fourth-order valence-electron chi connectivity index (χ4n) is 5.82. The average molecular weight is 540 g/mol. The first kappa shape index (κ1) is 27.8. The third-order valence-corrected chi connectivity index (χ3v) is 8.63. The van der Waals surface area contributed by atoms with Crippen LogP contribution in [0, 0.1) is 19.8 Å². The van der Waals surface area contributed by atoms with Gasteiger partial charge < -0.3 is 20.7 Å². The maximum atomic E-state index is 13.4. The van der Waals surface area contributed by atoms with Gasteiger partial charge in [-0.2, -0.15) is 0 Å². The van der Waals surface area contributed by atoms with Crippen LogP contribution >= 0.6 is 0 Å². The summed E-state index contributed by atoms with van der Waals surface area (Å²) in [6.07, 6.45) is 5.82. The smallest absolute Gasteiger partial charge is 0.410 e. The van der Waals surface area contributed by atoms with Gasteiger partial charge in [-0.15, -0.1) is 0 Å². The van der Waals surface area contributed by atoms with E-state index in [0.29, 0.717) is 12.3 Å². The van der Waals surface area contributed by atoms with Crippen LogP contribution in [0.1, 0.15) is 85.2 Å². The molecule has 0 radical (unpaired) electrons. The normalized spacial score (nSPS) is 19.5. The standard InChI is InChI=1S/C34H41N3O3/c1-22-7-6-10-32(23(22)2)40-34(39)37(29-19-20-29)21-25-11-13-27(14-12-25)30-8-4-5-9-31(30)33(38)36-24(3)26-15-17-28(35)18-16-26/h6-7,10-18,24,29-31H,4-5,8-9,19-21,35H2,1-3H3,(H,36,38)/t24-,30-,31-/m0/s1. The van der Waals surface area contributed by atoms with Crippen LogP contribution in [0.15, 0.2) is 66.7 Å². The summed E-state index contributed by atoms with van der Waals surface area (Å²) in [6, 6.07) is 22.2. The molecule has 0 saturated heterocycles. The molecule has 3 aromatic carbocycles. The van der Waals surface area contributed by atoms with E-state index in [-0.39, 0.29) is 35.9 Å². The number of benzene rings is 3.